The molecule has 3 aromatic carbocycles. The fourth-order valence-electron chi connectivity index (χ4n) is 3.18. The summed E-state index contributed by atoms with van der Waals surface area (Å²) in [6.45, 7) is -0.292. The SMILES string of the molecule is COc1ccc(C(=O)NCC(=O)NN=Cc2ccc(OC(=O)C=Cc3ccccc3)c(OC)c2)cc1OC. The zero-order valence-corrected chi connectivity index (χ0v) is 21.1. The molecule has 10 nitrogen and oxygen atoms in total. The Hall–Kier alpha value is -5.12. The molecule has 196 valence electrons. The summed E-state index contributed by atoms with van der Waals surface area (Å²) in [6, 6.07) is 18.8. The van der Waals surface area contributed by atoms with Crippen LogP contribution in [-0.2, 0) is 9.59 Å². The first-order valence-electron chi connectivity index (χ1n) is 11.4. The van der Waals surface area contributed by atoms with Gasteiger partial charge < -0.3 is 24.3 Å². The summed E-state index contributed by atoms with van der Waals surface area (Å²) in [5, 5.41) is 6.39. The Labute approximate surface area is 219 Å². The van der Waals surface area contributed by atoms with E-state index >= 15 is 0 Å². The molecule has 0 aromatic heterocycles. The summed E-state index contributed by atoms with van der Waals surface area (Å²) in [6.07, 6.45) is 4.36. The van der Waals surface area contributed by atoms with Gasteiger partial charge >= 0.3 is 5.97 Å². The third-order valence-corrected chi connectivity index (χ3v) is 5.07. The summed E-state index contributed by atoms with van der Waals surface area (Å²) in [4.78, 5) is 36.6. The Morgan fingerprint density at radius 2 is 1.47 bits per heavy atom. The summed E-state index contributed by atoms with van der Waals surface area (Å²) >= 11 is 0. The molecule has 0 fully saturated rings. The molecular weight excluding hydrogens is 490 g/mol. The van der Waals surface area contributed by atoms with Crippen LogP contribution < -0.4 is 29.7 Å². The van der Waals surface area contributed by atoms with Crippen molar-refractivity contribution >= 4 is 30.1 Å². The molecule has 2 N–H and O–H groups in total. The van der Waals surface area contributed by atoms with E-state index in [1.54, 1.807) is 36.4 Å². The van der Waals surface area contributed by atoms with E-state index < -0.39 is 17.8 Å². The molecule has 0 aliphatic heterocycles. The average molecular weight is 518 g/mol. The minimum absolute atomic E-state index is 0.231. The van der Waals surface area contributed by atoms with Crippen molar-refractivity contribution in [3.63, 3.8) is 0 Å². The van der Waals surface area contributed by atoms with Crippen LogP contribution in [-0.4, -0.2) is 51.9 Å². The molecular formula is C28H27N3O7. The quantitative estimate of drug-likeness (QED) is 0.132. The number of hydrazone groups is 1. The van der Waals surface area contributed by atoms with Gasteiger partial charge in [0.1, 0.15) is 0 Å². The zero-order chi connectivity index (χ0) is 27.3. The van der Waals surface area contributed by atoms with Gasteiger partial charge in [-0.3, -0.25) is 9.59 Å². The molecule has 0 aliphatic carbocycles. The Morgan fingerprint density at radius 1 is 0.789 bits per heavy atom. The Kier molecular flexibility index (Phi) is 10.00. The van der Waals surface area contributed by atoms with Crippen molar-refractivity contribution in [2.24, 2.45) is 5.10 Å². The monoisotopic (exact) mass is 517 g/mol. The van der Waals surface area contributed by atoms with Gasteiger partial charge in [-0.1, -0.05) is 30.3 Å². The fraction of sp³-hybridized carbons (Fsp3) is 0.143. The highest BCUT2D eigenvalue weighted by Crippen LogP contribution is 2.28. The first kappa shape index (κ1) is 27.5. The molecule has 10 heteroatoms. The molecule has 0 heterocycles. The van der Waals surface area contributed by atoms with Crippen molar-refractivity contribution in [1.29, 1.82) is 0 Å². The molecule has 0 atom stereocenters. The van der Waals surface area contributed by atoms with E-state index in [-0.39, 0.29) is 12.3 Å². The molecule has 0 spiro atoms. The predicted molar refractivity (Wildman–Crippen MR) is 142 cm³/mol. The molecule has 0 radical (unpaired) electrons. The summed E-state index contributed by atoms with van der Waals surface area (Å²) in [5.41, 5.74) is 4.08. The van der Waals surface area contributed by atoms with Gasteiger partial charge in [0.25, 0.3) is 11.8 Å². The minimum atomic E-state index is -0.559. The predicted octanol–water partition coefficient (Wildman–Crippen LogP) is 3.21. The van der Waals surface area contributed by atoms with E-state index in [4.69, 9.17) is 18.9 Å². The normalized spacial score (nSPS) is 10.7. The first-order chi connectivity index (χ1) is 18.4. The molecule has 0 unspecified atom stereocenters. The van der Waals surface area contributed by atoms with Crippen molar-refractivity contribution in [3.05, 3.63) is 89.5 Å². The minimum Gasteiger partial charge on any atom is -0.493 e. The van der Waals surface area contributed by atoms with E-state index in [1.807, 2.05) is 30.3 Å². The smallest absolute Gasteiger partial charge is 0.336 e. The summed E-state index contributed by atoms with van der Waals surface area (Å²) in [7, 11) is 4.40. The molecule has 2 amide bonds. The highest BCUT2D eigenvalue weighted by atomic mass is 16.6. The molecule has 0 saturated heterocycles. The summed E-state index contributed by atoms with van der Waals surface area (Å²) in [5.74, 6) is -0.126. The van der Waals surface area contributed by atoms with Crippen molar-refractivity contribution in [1.82, 2.24) is 10.7 Å². The third kappa shape index (κ3) is 7.95. The number of hydrogen-bond acceptors (Lipinski definition) is 8. The number of methoxy groups -OCH3 is 3. The van der Waals surface area contributed by atoms with Gasteiger partial charge in [0.05, 0.1) is 34.1 Å². The molecule has 3 rings (SSSR count). The van der Waals surface area contributed by atoms with Crippen LogP contribution in [0.15, 0.2) is 77.9 Å². The maximum Gasteiger partial charge on any atom is 0.336 e. The van der Waals surface area contributed by atoms with Crippen LogP contribution in [0.1, 0.15) is 21.5 Å². The van der Waals surface area contributed by atoms with E-state index in [0.29, 0.717) is 28.4 Å². The van der Waals surface area contributed by atoms with Crippen LogP contribution in [0.5, 0.6) is 23.0 Å². The fourth-order valence-corrected chi connectivity index (χ4v) is 3.18. The van der Waals surface area contributed by atoms with E-state index in [1.165, 1.54) is 39.7 Å². The largest absolute Gasteiger partial charge is 0.493 e. The number of carbonyl (C=O) groups excluding carboxylic acids is 3. The average Bonchev–Trinajstić information content (AvgIpc) is 2.95. The number of nitrogens with zero attached hydrogens (tertiary/aromatic N) is 1. The van der Waals surface area contributed by atoms with Crippen LogP contribution in [0, 0.1) is 0 Å². The maximum atomic E-state index is 12.3. The Balaban J connectivity index is 1.51. The van der Waals surface area contributed by atoms with Crippen LogP contribution in [0.2, 0.25) is 0 Å². The van der Waals surface area contributed by atoms with Gasteiger partial charge in [-0.05, 0) is 53.6 Å². The maximum absolute atomic E-state index is 12.3. The van der Waals surface area contributed by atoms with Crippen molar-refractivity contribution in [2.75, 3.05) is 27.9 Å². The standard InChI is InChI=1S/C28H27N3O7/c1-35-22-13-11-21(16-25(22)37-3)28(34)29-18-26(32)31-30-17-20-9-12-23(24(15-20)36-2)38-27(33)14-10-19-7-5-4-6-8-19/h4-17H,18H2,1-3H3,(H,29,34)(H,31,32). The lowest BCUT2D eigenvalue weighted by Crippen LogP contribution is -2.34. The molecule has 0 saturated carbocycles. The van der Waals surface area contributed by atoms with Gasteiger partial charge in [-0.25, -0.2) is 10.2 Å². The van der Waals surface area contributed by atoms with E-state index in [2.05, 4.69) is 15.8 Å². The molecule has 38 heavy (non-hydrogen) atoms. The molecule has 3 aromatic rings. The number of benzene rings is 3. The molecule has 0 aliphatic rings. The number of amides is 2. The lowest BCUT2D eigenvalue weighted by Gasteiger charge is -2.09. The van der Waals surface area contributed by atoms with Gasteiger partial charge in [0.2, 0.25) is 0 Å². The zero-order valence-electron chi connectivity index (χ0n) is 21.1. The van der Waals surface area contributed by atoms with Gasteiger partial charge in [-0.15, -0.1) is 0 Å². The van der Waals surface area contributed by atoms with Crippen molar-refractivity contribution < 1.29 is 33.3 Å². The number of rotatable bonds is 11. The van der Waals surface area contributed by atoms with Crippen LogP contribution in [0.3, 0.4) is 0 Å². The molecule has 0 bridgehead atoms. The second-order valence-corrected chi connectivity index (χ2v) is 7.62. The van der Waals surface area contributed by atoms with Crippen LogP contribution in [0.25, 0.3) is 6.08 Å². The lowest BCUT2D eigenvalue weighted by molar-refractivity contribution is -0.129. The topological polar surface area (TPSA) is 125 Å². The van der Waals surface area contributed by atoms with Gasteiger partial charge in [0.15, 0.2) is 23.0 Å². The van der Waals surface area contributed by atoms with Crippen molar-refractivity contribution in [3.8, 4) is 23.0 Å². The number of hydrogen-bond donors (Lipinski definition) is 2. The van der Waals surface area contributed by atoms with Crippen LogP contribution >= 0.6 is 0 Å². The van der Waals surface area contributed by atoms with Gasteiger partial charge in [0, 0.05) is 11.6 Å². The van der Waals surface area contributed by atoms with Gasteiger partial charge in [-0.2, -0.15) is 5.10 Å². The van der Waals surface area contributed by atoms with Crippen molar-refractivity contribution in [2.45, 2.75) is 0 Å². The number of nitrogens with one attached hydrogen (secondary N) is 2. The second-order valence-electron chi connectivity index (χ2n) is 7.62. The van der Waals surface area contributed by atoms with E-state index in [0.717, 1.165) is 5.56 Å². The number of esters is 1. The first-order valence-corrected chi connectivity index (χ1v) is 11.4. The second kappa shape index (κ2) is 13.8. The lowest BCUT2D eigenvalue weighted by atomic mass is 10.2. The van der Waals surface area contributed by atoms with Crippen LogP contribution in [0.4, 0.5) is 0 Å². The highest BCUT2D eigenvalue weighted by molar-refractivity contribution is 5.97. The Morgan fingerprint density at radius 3 is 2.18 bits per heavy atom. The summed E-state index contributed by atoms with van der Waals surface area (Å²) < 4.78 is 21.0. The van der Waals surface area contributed by atoms with E-state index in [9.17, 15) is 14.4 Å². The Bertz CT molecular complexity index is 1340. The highest BCUT2D eigenvalue weighted by Gasteiger charge is 2.12. The number of ether oxygens (including phenoxy) is 4. The number of carbonyl (C=O) groups is 3. The third-order valence-electron chi connectivity index (χ3n) is 5.07.